The summed E-state index contributed by atoms with van der Waals surface area (Å²) in [4.78, 5) is 13.0. The Balaban J connectivity index is 2.44. The number of likely N-dealkylation sites (N-methyl/N-ethyl adjacent to an activating group) is 1. The van der Waals surface area contributed by atoms with Gasteiger partial charge in [-0.05, 0) is 30.0 Å². The number of nitrogens with one attached hydrogen (secondary N) is 1. The lowest BCUT2D eigenvalue weighted by Crippen LogP contribution is -2.38. The molecule has 1 atom stereocenters. The average molecular weight is 360 g/mol. The predicted octanol–water partition coefficient (Wildman–Crippen LogP) is 3.13. The van der Waals surface area contributed by atoms with Crippen molar-refractivity contribution in [3.05, 3.63) is 65.2 Å². The van der Waals surface area contributed by atoms with Crippen molar-refractivity contribution in [3.63, 3.8) is 0 Å². The minimum absolute atomic E-state index is 0.372. The van der Waals surface area contributed by atoms with Crippen molar-refractivity contribution in [1.82, 2.24) is 4.31 Å². The SMILES string of the molecule is CCc1cccc(C)c1NC(=O)[C@H](c1ccccc1)N(C)S(C)(=O)=O. The summed E-state index contributed by atoms with van der Waals surface area (Å²) in [5, 5.41) is 2.94. The van der Waals surface area contributed by atoms with Gasteiger partial charge in [-0.25, -0.2) is 8.42 Å². The summed E-state index contributed by atoms with van der Waals surface area (Å²) in [7, 11) is -2.12. The average Bonchev–Trinajstić information content (AvgIpc) is 2.57. The summed E-state index contributed by atoms with van der Waals surface area (Å²) in [6.45, 7) is 3.94. The summed E-state index contributed by atoms with van der Waals surface area (Å²) in [5.41, 5.74) is 3.33. The Kier molecular flexibility index (Phi) is 5.98. The van der Waals surface area contributed by atoms with Crippen molar-refractivity contribution >= 4 is 21.6 Å². The molecule has 0 fully saturated rings. The maximum Gasteiger partial charge on any atom is 0.247 e. The number of amides is 1. The van der Waals surface area contributed by atoms with Gasteiger partial charge in [-0.3, -0.25) is 4.79 Å². The van der Waals surface area contributed by atoms with Gasteiger partial charge in [0.05, 0.1) is 6.26 Å². The highest BCUT2D eigenvalue weighted by Crippen LogP contribution is 2.26. The molecule has 0 spiro atoms. The van der Waals surface area contributed by atoms with Crippen molar-refractivity contribution in [3.8, 4) is 0 Å². The smallest absolute Gasteiger partial charge is 0.247 e. The van der Waals surface area contributed by atoms with Gasteiger partial charge in [0.25, 0.3) is 0 Å². The van der Waals surface area contributed by atoms with Gasteiger partial charge in [0, 0.05) is 12.7 Å². The van der Waals surface area contributed by atoms with E-state index in [-0.39, 0.29) is 5.91 Å². The molecule has 25 heavy (non-hydrogen) atoms. The van der Waals surface area contributed by atoms with E-state index in [1.807, 2.05) is 38.1 Å². The summed E-state index contributed by atoms with van der Waals surface area (Å²) >= 11 is 0. The van der Waals surface area contributed by atoms with Gasteiger partial charge in [0.1, 0.15) is 6.04 Å². The second-order valence-electron chi connectivity index (χ2n) is 6.04. The number of hydrogen-bond donors (Lipinski definition) is 1. The van der Waals surface area contributed by atoms with Gasteiger partial charge in [-0.15, -0.1) is 0 Å². The van der Waals surface area contributed by atoms with Crippen LogP contribution in [0.4, 0.5) is 5.69 Å². The highest BCUT2D eigenvalue weighted by atomic mass is 32.2. The summed E-state index contributed by atoms with van der Waals surface area (Å²) in [5.74, 6) is -0.372. The van der Waals surface area contributed by atoms with E-state index in [2.05, 4.69) is 5.32 Å². The molecular formula is C19H24N2O3S. The third-order valence-electron chi connectivity index (χ3n) is 4.24. The van der Waals surface area contributed by atoms with Crippen molar-refractivity contribution in [2.45, 2.75) is 26.3 Å². The number of para-hydroxylation sites is 1. The molecule has 2 aromatic rings. The molecule has 6 heteroatoms. The van der Waals surface area contributed by atoms with E-state index in [0.717, 1.165) is 33.8 Å². The normalized spacial score (nSPS) is 12.8. The lowest BCUT2D eigenvalue weighted by atomic mass is 10.0. The van der Waals surface area contributed by atoms with Crippen LogP contribution in [0.1, 0.15) is 29.7 Å². The largest absolute Gasteiger partial charge is 0.324 e. The molecule has 2 aromatic carbocycles. The Morgan fingerprint density at radius 2 is 1.76 bits per heavy atom. The third kappa shape index (κ3) is 4.46. The first-order valence-corrected chi connectivity index (χ1v) is 9.97. The summed E-state index contributed by atoms with van der Waals surface area (Å²) in [6, 6.07) is 13.8. The number of aryl methyl sites for hydroxylation is 2. The molecule has 1 amide bonds. The number of carbonyl (C=O) groups is 1. The molecule has 5 nitrogen and oxygen atoms in total. The number of hydrogen-bond acceptors (Lipinski definition) is 3. The fourth-order valence-corrected chi connectivity index (χ4v) is 3.35. The minimum Gasteiger partial charge on any atom is -0.324 e. The lowest BCUT2D eigenvalue weighted by molar-refractivity contribution is -0.119. The fraction of sp³-hybridized carbons (Fsp3) is 0.316. The van der Waals surface area contributed by atoms with Crippen LogP contribution in [0.5, 0.6) is 0 Å². The molecule has 0 aromatic heterocycles. The van der Waals surface area contributed by atoms with Crippen LogP contribution in [0.2, 0.25) is 0 Å². The number of sulfonamides is 1. The van der Waals surface area contributed by atoms with Crippen LogP contribution in [0, 0.1) is 6.92 Å². The zero-order valence-electron chi connectivity index (χ0n) is 15.0. The highest BCUT2D eigenvalue weighted by molar-refractivity contribution is 7.88. The summed E-state index contributed by atoms with van der Waals surface area (Å²) in [6.07, 6.45) is 1.87. The molecule has 0 heterocycles. The van der Waals surface area contributed by atoms with Gasteiger partial charge in [-0.2, -0.15) is 4.31 Å². The van der Waals surface area contributed by atoms with E-state index < -0.39 is 16.1 Å². The van der Waals surface area contributed by atoms with Crippen molar-refractivity contribution < 1.29 is 13.2 Å². The van der Waals surface area contributed by atoms with E-state index in [1.54, 1.807) is 24.3 Å². The van der Waals surface area contributed by atoms with Crippen LogP contribution in [0.25, 0.3) is 0 Å². The highest BCUT2D eigenvalue weighted by Gasteiger charge is 2.31. The molecule has 0 aliphatic carbocycles. The zero-order valence-corrected chi connectivity index (χ0v) is 15.8. The molecule has 0 aliphatic heterocycles. The summed E-state index contributed by atoms with van der Waals surface area (Å²) < 4.78 is 25.2. The second kappa shape index (κ2) is 7.80. The van der Waals surface area contributed by atoms with Gasteiger partial charge in [0.2, 0.25) is 15.9 Å². The van der Waals surface area contributed by atoms with E-state index in [9.17, 15) is 13.2 Å². The monoisotopic (exact) mass is 360 g/mol. The molecule has 0 aliphatic rings. The first kappa shape index (κ1) is 19.1. The molecule has 0 saturated heterocycles. The Morgan fingerprint density at radius 3 is 2.32 bits per heavy atom. The van der Waals surface area contributed by atoms with E-state index >= 15 is 0 Å². The Labute approximate surface area is 149 Å². The number of benzene rings is 2. The quantitative estimate of drug-likeness (QED) is 0.861. The van der Waals surface area contributed by atoms with E-state index in [0.29, 0.717) is 5.56 Å². The van der Waals surface area contributed by atoms with E-state index in [1.165, 1.54) is 7.05 Å². The zero-order chi connectivity index (χ0) is 18.6. The Bertz CT molecular complexity index is 848. The molecule has 0 unspecified atom stereocenters. The maximum absolute atomic E-state index is 13.0. The van der Waals surface area contributed by atoms with Crippen molar-refractivity contribution in [1.29, 1.82) is 0 Å². The molecular weight excluding hydrogens is 336 g/mol. The minimum atomic E-state index is -3.54. The maximum atomic E-state index is 13.0. The van der Waals surface area contributed by atoms with Crippen LogP contribution in [0.3, 0.4) is 0 Å². The second-order valence-corrected chi connectivity index (χ2v) is 8.09. The Morgan fingerprint density at radius 1 is 1.12 bits per heavy atom. The van der Waals surface area contributed by atoms with Crippen LogP contribution < -0.4 is 5.32 Å². The first-order chi connectivity index (χ1) is 11.8. The van der Waals surface area contributed by atoms with Gasteiger partial charge < -0.3 is 5.32 Å². The molecule has 134 valence electrons. The Hall–Kier alpha value is -2.18. The van der Waals surface area contributed by atoms with Gasteiger partial charge in [-0.1, -0.05) is 55.5 Å². The predicted molar refractivity (Wildman–Crippen MR) is 101 cm³/mol. The van der Waals surface area contributed by atoms with Crippen LogP contribution in [0.15, 0.2) is 48.5 Å². The number of rotatable bonds is 6. The van der Waals surface area contributed by atoms with Crippen LogP contribution in [-0.2, 0) is 21.2 Å². The molecule has 0 bridgehead atoms. The van der Waals surface area contributed by atoms with Crippen LogP contribution >= 0.6 is 0 Å². The van der Waals surface area contributed by atoms with E-state index in [4.69, 9.17) is 0 Å². The standard InChI is InChI=1S/C19H24N2O3S/c1-5-15-13-9-10-14(2)17(15)20-19(22)18(21(3)25(4,23)24)16-11-7-6-8-12-16/h6-13,18H,5H2,1-4H3,(H,20,22)/t18-/m0/s1. The van der Waals surface area contributed by atoms with Crippen molar-refractivity contribution in [2.75, 3.05) is 18.6 Å². The van der Waals surface area contributed by atoms with Crippen molar-refractivity contribution in [2.24, 2.45) is 0 Å². The van der Waals surface area contributed by atoms with Gasteiger partial charge in [0.15, 0.2) is 0 Å². The van der Waals surface area contributed by atoms with Crippen LogP contribution in [-0.4, -0.2) is 31.9 Å². The fourth-order valence-electron chi connectivity index (χ4n) is 2.75. The topological polar surface area (TPSA) is 66.5 Å². The molecule has 0 radical (unpaired) electrons. The first-order valence-electron chi connectivity index (χ1n) is 8.13. The third-order valence-corrected chi connectivity index (χ3v) is 5.50. The molecule has 0 saturated carbocycles. The molecule has 1 N–H and O–H groups in total. The van der Waals surface area contributed by atoms with Gasteiger partial charge >= 0.3 is 0 Å². The lowest BCUT2D eigenvalue weighted by Gasteiger charge is -2.26. The number of nitrogens with zero attached hydrogens (tertiary/aromatic N) is 1. The number of anilines is 1. The molecule has 2 rings (SSSR count). The number of carbonyl (C=O) groups excluding carboxylic acids is 1.